The minimum atomic E-state index is 0.485. The van der Waals surface area contributed by atoms with Crippen LogP contribution >= 0.6 is 11.8 Å². The third-order valence-electron chi connectivity index (χ3n) is 2.78. The van der Waals surface area contributed by atoms with Gasteiger partial charge in [0.15, 0.2) is 0 Å². The van der Waals surface area contributed by atoms with Crippen LogP contribution < -0.4 is 11.3 Å². The van der Waals surface area contributed by atoms with Gasteiger partial charge < -0.3 is 0 Å². The van der Waals surface area contributed by atoms with Gasteiger partial charge in [-0.3, -0.25) is 11.3 Å². The molecule has 0 amide bonds. The molecule has 0 bridgehead atoms. The van der Waals surface area contributed by atoms with E-state index in [1.807, 2.05) is 11.8 Å². The molecule has 0 heterocycles. The van der Waals surface area contributed by atoms with Crippen LogP contribution in [0, 0.1) is 11.8 Å². The van der Waals surface area contributed by atoms with Crippen LogP contribution in [-0.4, -0.2) is 17.5 Å². The van der Waals surface area contributed by atoms with Gasteiger partial charge in [0, 0.05) is 11.8 Å². The summed E-state index contributed by atoms with van der Waals surface area (Å²) in [6, 6.07) is 0.485. The first-order chi connectivity index (χ1) is 7.13. The van der Waals surface area contributed by atoms with E-state index in [1.165, 1.54) is 25.0 Å². The van der Waals surface area contributed by atoms with E-state index in [1.54, 1.807) is 0 Å². The molecular formula is C12H28N2S. The van der Waals surface area contributed by atoms with Gasteiger partial charge in [-0.05, 0) is 24.0 Å². The summed E-state index contributed by atoms with van der Waals surface area (Å²) in [5.41, 5.74) is 2.95. The molecule has 1 unspecified atom stereocenters. The Kier molecular flexibility index (Phi) is 9.66. The van der Waals surface area contributed by atoms with Crippen molar-refractivity contribution in [2.75, 3.05) is 11.5 Å². The van der Waals surface area contributed by atoms with Crippen molar-refractivity contribution < 1.29 is 0 Å². The van der Waals surface area contributed by atoms with Crippen LogP contribution in [0.3, 0.4) is 0 Å². The smallest absolute Gasteiger partial charge is 0.0303 e. The maximum Gasteiger partial charge on any atom is 0.0303 e. The summed E-state index contributed by atoms with van der Waals surface area (Å²) < 4.78 is 0. The van der Waals surface area contributed by atoms with Crippen molar-refractivity contribution in [3.63, 3.8) is 0 Å². The van der Waals surface area contributed by atoms with Crippen molar-refractivity contribution in [3.8, 4) is 0 Å². The number of nitrogens with one attached hydrogen (secondary N) is 1. The summed E-state index contributed by atoms with van der Waals surface area (Å²) in [5, 5.41) is 0. The molecule has 3 N–H and O–H groups in total. The van der Waals surface area contributed by atoms with E-state index in [0.29, 0.717) is 6.04 Å². The maximum absolute atomic E-state index is 5.58. The molecule has 0 saturated heterocycles. The van der Waals surface area contributed by atoms with Crippen LogP contribution in [0.5, 0.6) is 0 Å². The monoisotopic (exact) mass is 232 g/mol. The zero-order chi connectivity index (χ0) is 11.7. The highest BCUT2D eigenvalue weighted by Crippen LogP contribution is 2.18. The topological polar surface area (TPSA) is 38.0 Å². The fraction of sp³-hybridized carbons (Fsp3) is 1.00. The first-order valence-corrected chi connectivity index (χ1v) is 7.33. The molecule has 0 aliphatic heterocycles. The number of hydrogen-bond acceptors (Lipinski definition) is 3. The van der Waals surface area contributed by atoms with E-state index < -0.39 is 0 Å². The lowest BCUT2D eigenvalue weighted by Gasteiger charge is -2.21. The third-order valence-corrected chi connectivity index (χ3v) is 4.32. The van der Waals surface area contributed by atoms with E-state index >= 15 is 0 Å². The van der Waals surface area contributed by atoms with Gasteiger partial charge in [-0.15, -0.1) is 0 Å². The maximum atomic E-state index is 5.58. The number of thioether (sulfide) groups is 1. The minimum absolute atomic E-state index is 0.485. The molecule has 92 valence electrons. The predicted octanol–water partition coefficient (Wildman–Crippen LogP) is 3.03. The summed E-state index contributed by atoms with van der Waals surface area (Å²) >= 11 is 2.01. The average molecular weight is 232 g/mol. The standard InChI is InChI=1S/C12H28N2S/c1-5-11(6-2)7-12(14-13)9-15-8-10(3)4/h10-12,14H,5-9,13H2,1-4H3. The Morgan fingerprint density at radius 3 is 2.13 bits per heavy atom. The second-order valence-corrected chi connectivity index (χ2v) is 5.79. The largest absolute Gasteiger partial charge is 0.271 e. The fourth-order valence-corrected chi connectivity index (χ4v) is 2.78. The van der Waals surface area contributed by atoms with Gasteiger partial charge in [-0.25, -0.2) is 0 Å². The highest BCUT2D eigenvalue weighted by atomic mass is 32.2. The van der Waals surface area contributed by atoms with Crippen LogP contribution in [-0.2, 0) is 0 Å². The summed E-state index contributed by atoms with van der Waals surface area (Å²) in [4.78, 5) is 0. The van der Waals surface area contributed by atoms with Gasteiger partial charge in [0.1, 0.15) is 0 Å². The van der Waals surface area contributed by atoms with Gasteiger partial charge in [0.2, 0.25) is 0 Å². The zero-order valence-electron chi connectivity index (χ0n) is 10.8. The van der Waals surface area contributed by atoms with Crippen LogP contribution in [0.4, 0.5) is 0 Å². The first kappa shape index (κ1) is 15.3. The number of hydrazine groups is 1. The fourth-order valence-electron chi connectivity index (χ4n) is 1.65. The molecule has 0 rings (SSSR count). The van der Waals surface area contributed by atoms with Crippen molar-refractivity contribution in [3.05, 3.63) is 0 Å². The lowest BCUT2D eigenvalue weighted by Crippen LogP contribution is -2.38. The summed E-state index contributed by atoms with van der Waals surface area (Å²) in [5.74, 6) is 9.57. The van der Waals surface area contributed by atoms with Crippen molar-refractivity contribution in [1.82, 2.24) is 5.43 Å². The van der Waals surface area contributed by atoms with Crippen LogP contribution in [0.2, 0.25) is 0 Å². The van der Waals surface area contributed by atoms with Gasteiger partial charge in [-0.2, -0.15) is 11.8 Å². The summed E-state index contributed by atoms with van der Waals surface area (Å²) in [6.07, 6.45) is 3.75. The molecule has 0 radical (unpaired) electrons. The second-order valence-electron chi connectivity index (χ2n) is 4.71. The lowest BCUT2D eigenvalue weighted by atomic mass is 9.96. The van der Waals surface area contributed by atoms with Crippen LogP contribution in [0.1, 0.15) is 47.0 Å². The van der Waals surface area contributed by atoms with Crippen LogP contribution in [0.15, 0.2) is 0 Å². The summed E-state index contributed by atoms with van der Waals surface area (Å²) in [6.45, 7) is 9.06. The molecule has 0 spiro atoms. The lowest BCUT2D eigenvalue weighted by molar-refractivity contribution is 0.387. The molecule has 15 heavy (non-hydrogen) atoms. The van der Waals surface area contributed by atoms with Gasteiger partial charge in [0.05, 0.1) is 0 Å². The average Bonchev–Trinajstić information content (AvgIpc) is 2.22. The number of hydrogen-bond donors (Lipinski definition) is 2. The molecule has 0 aromatic carbocycles. The molecule has 0 aliphatic rings. The molecule has 3 heteroatoms. The Labute approximate surface area is 99.7 Å². The molecule has 0 aromatic heterocycles. The van der Waals surface area contributed by atoms with Gasteiger partial charge >= 0.3 is 0 Å². The molecule has 0 fully saturated rings. The number of rotatable bonds is 9. The van der Waals surface area contributed by atoms with E-state index in [4.69, 9.17) is 5.84 Å². The highest BCUT2D eigenvalue weighted by Gasteiger charge is 2.12. The van der Waals surface area contributed by atoms with Crippen molar-refractivity contribution in [1.29, 1.82) is 0 Å². The SMILES string of the molecule is CCC(CC)CC(CSCC(C)C)NN. The Morgan fingerprint density at radius 2 is 1.73 bits per heavy atom. The van der Waals surface area contributed by atoms with Crippen LogP contribution in [0.25, 0.3) is 0 Å². The summed E-state index contributed by atoms with van der Waals surface area (Å²) in [7, 11) is 0. The molecule has 0 saturated carbocycles. The first-order valence-electron chi connectivity index (χ1n) is 6.17. The van der Waals surface area contributed by atoms with E-state index in [2.05, 4.69) is 33.1 Å². The van der Waals surface area contributed by atoms with Gasteiger partial charge in [0.25, 0.3) is 0 Å². The molecule has 2 nitrogen and oxygen atoms in total. The van der Waals surface area contributed by atoms with Crippen molar-refractivity contribution in [2.24, 2.45) is 17.7 Å². The second kappa shape index (κ2) is 9.49. The Balaban J connectivity index is 3.71. The van der Waals surface area contributed by atoms with E-state index in [0.717, 1.165) is 17.6 Å². The number of nitrogens with two attached hydrogens (primary N) is 1. The van der Waals surface area contributed by atoms with Gasteiger partial charge in [-0.1, -0.05) is 40.5 Å². The predicted molar refractivity (Wildman–Crippen MR) is 72.0 cm³/mol. The molecule has 0 aromatic rings. The quantitative estimate of drug-likeness (QED) is 0.474. The minimum Gasteiger partial charge on any atom is -0.271 e. The molecule has 1 atom stereocenters. The normalized spacial score (nSPS) is 13.8. The Hall–Kier alpha value is 0.270. The Morgan fingerprint density at radius 1 is 1.13 bits per heavy atom. The van der Waals surface area contributed by atoms with E-state index in [-0.39, 0.29) is 0 Å². The Bertz CT molecular complexity index is 136. The molecule has 0 aliphatic carbocycles. The van der Waals surface area contributed by atoms with E-state index in [9.17, 15) is 0 Å². The zero-order valence-corrected chi connectivity index (χ0v) is 11.6. The third kappa shape index (κ3) is 8.12. The molecular weight excluding hydrogens is 204 g/mol. The van der Waals surface area contributed by atoms with Crippen molar-refractivity contribution >= 4 is 11.8 Å². The van der Waals surface area contributed by atoms with Crippen molar-refractivity contribution in [2.45, 2.75) is 53.0 Å². The highest BCUT2D eigenvalue weighted by molar-refractivity contribution is 7.99.